The summed E-state index contributed by atoms with van der Waals surface area (Å²) in [6.45, 7) is 13.3. The van der Waals surface area contributed by atoms with E-state index in [2.05, 4.69) is 13.2 Å². The van der Waals surface area contributed by atoms with E-state index >= 15 is 0 Å². The fourth-order valence-corrected chi connectivity index (χ4v) is 6.96. The van der Waals surface area contributed by atoms with E-state index in [1.54, 1.807) is 26.9 Å². The summed E-state index contributed by atoms with van der Waals surface area (Å²) < 4.78 is 6.64. The Kier molecular flexibility index (Phi) is 9.85. The van der Waals surface area contributed by atoms with Gasteiger partial charge in [-0.05, 0) is 45.1 Å². The molecule has 0 aliphatic carbocycles. The molecule has 5 atom stereocenters. The van der Waals surface area contributed by atoms with Gasteiger partial charge >= 0.3 is 0 Å². The minimum absolute atomic E-state index is 0.0764. The maximum atomic E-state index is 14.2. The van der Waals surface area contributed by atoms with Gasteiger partial charge in [0.25, 0.3) is 0 Å². The van der Waals surface area contributed by atoms with E-state index in [-0.39, 0.29) is 30.4 Å². The third kappa shape index (κ3) is 5.61. The van der Waals surface area contributed by atoms with Gasteiger partial charge in [0.1, 0.15) is 11.6 Å². The zero-order valence-electron chi connectivity index (χ0n) is 24.0. The lowest BCUT2D eigenvalue weighted by atomic mass is 9.70. The molecule has 0 radical (unpaired) electrons. The number of rotatable bonds is 15. The number of fused-ring (bicyclic) bond motifs is 1. The van der Waals surface area contributed by atoms with Crippen molar-refractivity contribution in [3.63, 3.8) is 0 Å². The van der Waals surface area contributed by atoms with Crippen LogP contribution in [0.4, 0.5) is 0 Å². The van der Waals surface area contributed by atoms with E-state index in [1.165, 1.54) is 0 Å². The van der Waals surface area contributed by atoms with Crippen molar-refractivity contribution in [1.82, 2.24) is 14.7 Å². The Balaban J connectivity index is 1.66. The molecule has 3 heterocycles. The van der Waals surface area contributed by atoms with Gasteiger partial charge in [0, 0.05) is 38.8 Å². The van der Waals surface area contributed by atoms with Gasteiger partial charge in [-0.3, -0.25) is 14.4 Å². The molecule has 3 amide bonds. The van der Waals surface area contributed by atoms with Crippen molar-refractivity contribution >= 4 is 17.7 Å². The second-order valence-electron chi connectivity index (χ2n) is 11.6. The van der Waals surface area contributed by atoms with Crippen molar-refractivity contribution in [1.29, 1.82) is 0 Å². The van der Waals surface area contributed by atoms with E-state index in [1.807, 2.05) is 44.2 Å². The van der Waals surface area contributed by atoms with Crippen molar-refractivity contribution < 1.29 is 24.2 Å². The van der Waals surface area contributed by atoms with Crippen LogP contribution in [-0.4, -0.2) is 87.6 Å². The molecule has 1 aromatic carbocycles. The Morgan fingerprint density at radius 1 is 1.10 bits per heavy atom. The molecule has 3 fully saturated rings. The molecule has 0 saturated carbocycles. The van der Waals surface area contributed by atoms with Crippen molar-refractivity contribution in [3.05, 3.63) is 61.2 Å². The first kappa shape index (κ1) is 30.0. The number of amides is 3. The fraction of sp³-hybridized carbons (Fsp3) is 0.594. The summed E-state index contributed by atoms with van der Waals surface area (Å²) in [5.74, 6) is -1.72. The van der Waals surface area contributed by atoms with Gasteiger partial charge in [0.05, 0.1) is 17.9 Å². The lowest BCUT2D eigenvalue weighted by Gasteiger charge is -2.38. The van der Waals surface area contributed by atoms with Crippen LogP contribution in [0.2, 0.25) is 0 Å². The Morgan fingerprint density at radius 3 is 2.45 bits per heavy atom. The monoisotopic (exact) mass is 551 g/mol. The highest BCUT2D eigenvalue weighted by Crippen LogP contribution is 2.59. The van der Waals surface area contributed by atoms with Crippen LogP contribution in [0.1, 0.15) is 57.9 Å². The van der Waals surface area contributed by atoms with Gasteiger partial charge in [-0.25, -0.2) is 0 Å². The predicted molar refractivity (Wildman–Crippen MR) is 154 cm³/mol. The maximum absolute atomic E-state index is 14.2. The van der Waals surface area contributed by atoms with E-state index in [4.69, 9.17) is 9.84 Å². The summed E-state index contributed by atoms with van der Waals surface area (Å²) in [7, 11) is 0. The molecule has 2 unspecified atom stereocenters. The number of carbonyl (C=O) groups excluding carboxylic acids is 3. The summed E-state index contributed by atoms with van der Waals surface area (Å²) in [6, 6.07) is 8.95. The fourth-order valence-electron chi connectivity index (χ4n) is 6.96. The normalized spacial score (nSPS) is 26.7. The van der Waals surface area contributed by atoms with Crippen LogP contribution in [0.5, 0.6) is 0 Å². The van der Waals surface area contributed by atoms with E-state index < -0.39 is 29.6 Å². The molecule has 4 rings (SSSR count). The number of unbranched alkanes of at least 4 members (excludes halogenated alkanes) is 3. The number of hydrogen-bond acceptors (Lipinski definition) is 5. The van der Waals surface area contributed by atoms with E-state index in [0.717, 1.165) is 24.8 Å². The topological polar surface area (TPSA) is 90.4 Å². The molecule has 2 bridgehead atoms. The Labute approximate surface area is 238 Å². The largest absolute Gasteiger partial charge is 0.396 e. The molecule has 3 aliphatic heterocycles. The second kappa shape index (κ2) is 13.1. The van der Waals surface area contributed by atoms with Crippen LogP contribution in [0.3, 0.4) is 0 Å². The quantitative estimate of drug-likeness (QED) is 0.266. The number of ether oxygens (including phenoxy) is 1. The first-order valence-corrected chi connectivity index (χ1v) is 14.7. The summed E-state index contributed by atoms with van der Waals surface area (Å²) in [4.78, 5) is 47.8. The number of hydrogen-bond donors (Lipinski definition) is 1. The van der Waals surface area contributed by atoms with Gasteiger partial charge in [-0.15, -0.1) is 13.2 Å². The molecule has 8 heteroatoms. The third-order valence-corrected chi connectivity index (χ3v) is 8.74. The molecular formula is C32H45N3O5. The highest BCUT2D eigenvalue weighted by molar-refractivity contribution is 5.99. The molecule has 218 valence electrons. The average molecular weight is 552 g/mol. The van der Waals surface area contributed by atoms with Gasteiger partial charge < -0.3 is 24.5 Å². The number of nitrogens with zero attached hydrogens (tertiary/aromatic N) is 3. The van der Waals surface area contributed by atoms with Gasteiger partial charge in [-0.2, -0.15) is 0 Å². The molecule has 1 N–H and O–H groups in total. The number of benzene rings is 1. The van der Waals surface area contributed by atoms with Crippen LogP contribution in [0, 0.1) is 11.8 Å². The van der Waals surface area contributed by atoms with Crippen LogP contribution in [-0.2, 0) is 25.7 Å². The van der Waals surface area contributed by atoms with Gasteiger partial charge in [0.15, 0.2) is 0 Å². The lowest BCUT2D eigenvalue weighted by Crippen LogP contribution is -2.57. The molecule has 3 saturated heterocycles. The molecular weight excluding hydrogens is 506 g/mol. The van der Waals surface area contributed by atoms with Gasteiger partial charge in [-0.1, -0.05) is 55.3 Å². The molecule has 8 nitrogen and oxygen atoms in total. The number of likely N-dealkylation sites (tertiary alicyclic amines) is 1. The standard InChI is InChI=1S/C32H45N3O5/c1-5-18-33(22-24-14-10-9-11-15-24)29(37)26-25-16-17-32(40-25)27(26)30(38)35(20-12-7-8-13-21-36)28(32)31(39)34(19-6-2)23(3)4/h5-6,9-11,14-15,23,25-28,36H,1-2,7-8,12-13,16-22H2,3-4H3/t25-,26+,27+,28?,32?/m1/s1. The molecule has 1 aromatic rings. The van der Waals surface area contributed by atoms with Crippen LogP contribution >= 0.6 is 0 Å². The first-order chi connectivity index (χ1) is 19.3. The third-order valence-electron chi connectivity index (χ3n) is 8.74. The molecule has 1 spiro atoms. The van der Waals surface area contributed by atoms with Crippen LogP contribution in [0.15, 0.2) is 55.6 Å². The first-order valence-electron chi connectivity index (χ1n) is 14.7. The predicted octanol–water partition coefficient (Wildman–Crippen LogP) is 3.55. The van der Waals surface area contributed by atoms with Crippen LogP contribution < -0.4 is 0 Å². The Morgan fingerprint density at radius 2 is 1.80 bits per heavy atom. The number of aliphatic hydroxyl groups excluding tert-OH is 1. The highest BCUT2D eigenvalue weighted by atomic mass is 16.5. The second-order valence-corrected chi connectivity index (χ2v) is 11.6. The average Bonchev–Trinajstić information content (AvgIpc) is 3.58. The summed E-state index contributed by atoms with van der Waals surface area (Å²) >= 11 is 0. The van der Waals surface area contributed by atoms with Crippen LogP contribution in [0.25, 0.3) is 0 Å². The highest BCUT2D eigenvalue weighted by Gasteiger charge is 2.74. The van der Waals surface area contributed by atoms with Crippen molar-refractivity contribution in [2.75, 3.05) is 26.2 Å². The van der Waals surface area contributed by atoms with E-state index in [9.17, 15) is 14.4 Å². The minimum atomic E-state index is -1.01. The summed E-state index contributed by atoms with van der Waals surface area (Å²) in [5, 5.41) is 9.15. The van der Waals surface area contributed by atoms with Crippen molar-refractivity contribution in [2.24, 2.45) is 11.8 Å². The molecule has 3 aliphatic rings. The molecule has 0 aromatic heterocycles. The lowest BCUT2D eigenvalue weighted by molar-refractivity contribution is -0.149. The minimum Gasteiger partial charge on any atom is -0.396 e. The number of carbonyl (C=O) groups is 3. The summed E-state index contributed by atoms with van der Waals surface area (Å²) in [5.41, 5.74) is -0.00525. The Hall–Kier alpha value is -2.97. The van der Waals surface area contributed by atoms with Crippen molar-refractivity contribution in [3.8, 4) is 0 Å². The number of aliphatic hydroxyl groups is 1. The molecule has 40 heavy (non-hydrogen) atoms. The SMILES string of the molecule is C=CCN(Cc1ccccc1)C(=O)[C@@H]1[C@H]2C(=O)N(CCCCCCO)C(C(=O)N(CC=C)C(C)C)C23CC[C@H]1O3. The summed E-state index contributed by atoms with van der Waals surface area (Å²) in [6.07, 6.45) is 7.39. The smallest absolute Gasteiger partial charge is 0.248 e. The van der Waals surface area contributed by atoms with E-state index in [0.29, 0.717) is 45.4 Å². The zero-order valence-corrected chi connectivity index (χ0v) is 24.0. The zero-order chi connectivity index (χ0) is 28.9. The Bertz CT molecular complexity index is 1080. The van der Waals surface area contributed by atoms with Crippen molar-refractivity contribution in [2.45, 2.75) is 82.7 Å². The maximum Gasteiger partial charge on any atom is 0.248 e. The van der Waals surface area contributed by atoms with Gasteiger partial charge in [0.2, 0.25) is 17.7 Å².